The zero-order valence-corrected chi connectivity index (χ0v) is 11.8. The predicted molar refractivity (Wildman–Crippen MR) is 75.0 cm³/mol. The fraction of sp³-hybridized carbons (Fsp3) is 0.429. The fourth-order valence-corrected chi connectivity index (χ4v) is 2.52. The van der Waals surface area contributed by atoms with Crippen molar-refractivity contribution >= 4 is 17.3 Å². The van der Waals surface area contributed by atoms with Crippen LogP contribution in [0.4, 0.5) is 18.9 Å². The lowest BCUT2D eigenvalue weighted by Crippen LogP contribution is -2.32. The number of alkyl halides is 3. The number of nitrogens with zero attached hydrogens (tertiary/aromatic N) is 1. The van der Waals surface area contributed by atoms with Crippen LogP contribution >= 0.6 is 11.6 Å². The van der Waals surface area contributed by atoms with Crippen molar-refractivity contribution in [3.63, 3.8) is 0 Å². The number of rotatable bonds is 2. The maximum absolute atomic E-state index is 12.6. The average Bonchev–Trinajstić information content (AvgIpc) is 2.37. The van der Waals surface area contributed by atoms with Gasteiger partial charge < -0.3 is 10.6 Å². The molecular formula is C14H16ClF3N2. The molecule has 2 nitrogen and oxygen atoms in total. The van der Waals surface area contributed by atoms with Crippen LogP contribution in [-0.2, 0) is 0 Å². The third-order valence-corrected chi connectivity index (χ3v) is 3.71. The maximum atomic E-state index is 12.6. The summed E-state index contributed by atoms with van der Waals surface area (Å²) in [6.45, 7) is 2.37. The smallest absolute Gasteiger partial charge is 0.366 e. The van der Waals surface area contributed by atoms with Crippen molar-refractivity contribution in [3.8, 4) is 0 Å². The van der Waals surface area contributed by atoms with E-state index < -0.39 is 11.7 Å². The van der Waals surface area contributed by atoms with E-state index in [1.165, 1.54) is 6.08 Å². The molecule has 0 fully saturated rings. The van der Waals surface area contributed by atoms with Crippen molar-refractivity contribution in [1.82, 2.24) is 0 Å². The number of anilines is 1. The second-order valence-electron chi connectivity index (χ2n) is 4.92. The zero-order valence-electron chi connectivity index (χ0n) is 11.0. The maximum Gasteiger partial charge on any atom is 0.412 e. The Bertz CT molecular complexity index is 524. The summed E-state index contributed by atoms with van der Waals surface area (Å²) < 4.78 is 37.7. The Balaban J connectivity index is 2.17. The van der Waals surface area contributed by atoms with Crippen LogP contribution < -0.4 is 10.6 Å². The first-order chi connectivity index (χ1) is 9.29. The van der Waals surface area contributed by atoms with Gasteiger partial charge in [-0.1, -0.05) is 23.7 Å². The molecule has 1 aromatic rings. The van der Waals surface area contributed by atoms with Crippen LogP contribution in [0.2, 0.25) is 5.02 Å². The minimum atomic E-state index is -4.23. The summed E-state index contributed by atoms with van der Waals surface area (Å²) in [5.41, 5.74) is 6.96. The Hall–Kier alpha value is -1.20. The van der Waals surface area contributed by atoms with Crippen LogP contribution in [0, 0.1) is 0 Å². The first-order valence-electron chi connectivity index (χ1n) is 6.35. The standard InChI is InChI=1S/C14H16ClF3N2/c1-9(19)10-2-3-13(12(15)8-10)20-6-4-11(5-7-20)14(16,17)18/h2-4,8-9H,5-7,19H2,1H3/t9-/m0/s1. The second-order valence-corrected chi connectivity index (χ2v) is 5.33. The molecule has 1 heterocycles. The molecule has 20 heavy (non-hydrogen) atoms. The largest absolute Gasteiger partial charge is 0.412 e. The molecule has 1 atom stereocenters. The van der Waals surface area contributed by atoms with Gasteiger partial charge in [0.1, 0.15) is 0 Å². The number of hydrogen-bond acceptors (Lipinski definition) is 2. The van der Waals surface area contributed by atoms with E-state index in [0.29, 0.717) is 11.6 Å². The summed E-state index contributed by atoms with van der Waals surface area (Å²) in [5.74, 6) is 0. The molecule has 1 aliphatic heterocycles. The van der Waals surface area contributed by atoms with E-state index in [4.69, 9.17) is 17.3 Å². The van der Waals surface area contributed by atoms with Crippen molar-refractivity contribution in [2.24, 2.45) is 5.73 Å². The molecule has 0 amide bonds. The Kier molecular flexibility index (Phi) is 4.30. The highest BCUT2D eigenvalue weighted by Gasteiger charge is 2.34. The number of nitrogens with two attached hydrogens (primary N) is 1. The molecule has 0 aliphatic carbocycles. The topological polar surface area (TPSA) is 29.3 Å². The summed E-state index contributed by atoms with van der Waals surface area (Å²) in [6.07, 6.45) is -3.02. The number of halogens is 4. The molecule has 0 unspecified atom stereocenters. The molecule has 110 valence electrons. The van der Waals surface area contributed by atoms with Crippen molar-refractivity contribution in [1.29, 1.82) is 0 Å². The molecule has 2 N–H and O–H groups in total. The van der Waals surface area contributed by atoms with Gasteiger partial charge in [-0.05, 0) is 31.0 Å². The molecule has 6 heteroatoms. The summed E-state index contributed by atoms with van der Waals surface area (Å²) in [4.78, 5) is 1.84. The molecule has 0 saturated heterocycles. The molecule has 0 saturated carbocycles. The SMILES string of the molecule is C[C@H](N)c1ccc(N2CC=C(C(F)(F)F)CC2)c(Cl)c1. The van der Waals surface area contributed by atoms with Gasteiger partial charge in [0, 0.05) is 24.7 Å². The van der Waals surface area contributed by atoms with E-state index in [-0.39, 0.29) is 19.0 Å². The Labute approximate surface area is 121 Å². The lowest BCUT2D eigenvalue weighted by molar-refractivity contribution is -0.0943. The quantitative estimate of drug-likeness (QED) is 0.835. The minimum Gasteiger partial charge on any atom is -0.366 e. The van der Waals surface area contributed by atoms with Crippen LogP contribution in [0.5, 0.6) is 0 Å². The lowest BCUT2D eigenvalue weighted by Gasteiger charge is -2.30. The van der Waals surface area contributed by atoms with Gasteiger partial charge in [0.05, 0.1) is 10.7 Å². The molecule has 1 aromatic carbocycles. The number of hydrogen-bond donors (Lipinski definition) is 1. The Morgan fingerprint density at radius 3 is 2.50 bits per heavy atom. The number of benzene rings is 1. The monoisotopic (exact) mass is 304 g/mol. The van der Waals surface area contributed by atoms with Crippen molar-refractivity contribution in [3.05, 3.63) is 40.4 Å². The van der Waals surface area contributed by atoms with Gasteiger partial charge in [0.25, 0.3) is 0 Å². The van der Waals surface area contributed by atoms with E-state index in [1.54, 1.807) is 6.07 Å². The van der Waals surface area contributed by atoms with E-state index in [9.17, 15) is 13.2 Å². The summed E-state index contributed by atoms with van der Waals surface area (Å²) in [5, 5.41) is 0.517. The third kappa shape index (κ3) is 3.27. The van der Waals surface area contributed by atoms with Crippen molar-refractivity contribution < 1.29 is 13.2 Å². The van der Waals surface area contributed by atoms with Crippen LogP contribution in [0.3, 0.4) is 0 Å². The van der Waals surface area contributed by atoms with E-state index >= 15 is 0 Å². The normalized spacial score (nSPS) is 17.9. The van der Waals surface area contributed by atoms with Crippen molar-refractivity contribution in [2.45, 2.75) is 25.6 Å². The van der Waals surface area contributed by atoms with Crippen LogP contribution in [0.1, 0.15) is 24.9 Å². The van der Waals surface area contributed by atoms with Gasteiger partial charge >= 0.3 is 6.18 Å². The highest BCUT2D eigenvalue weighted by Crippen LogP contribution is 2.34. The lowest BCUT2D eigenvalue weighted by atomic mass is 10.1. The van der Waals surface area contributed by atoms with E-state index in [1.807, 2.05) is 24.0 Å². The molecule has 0 radical (unpaired) electrons. The van der Waals surface area contributed by atoms with Gasteiger partial charge in [-0.15, -0.1) is 0 Å². The molecule has 2 rings (SSSR count). The zero-order chi connectivity index (χ0) is 14.9. The minimum absolute atomic E-state index is 0.0190. The average molecular weight is 305 g/mol. The Morgan fingerprint density at radius 1 is 1.35 bits per heavy atom. The molecule has 0 aromatic heterocycles. The Morgan fingerprint density at radius 2 is 2.05 bits per heavy atom. The predicted octanol–water partition coefficient (Wildman–Crippen LogP) is 4.06. The first kappa shape index (κ1) is 15.2. The summed E-state index contributed by atoms with van der Waals surface area (Å²) in [6, 6.07) is 5.31. The van der Waals surface area contributed by atoms with Crippen LogP contribution in [0.15, 0.2) is 29.8 Å². The third-order valence-electron chi connectivity index (χ3n) is 3.41. The van der Waals surface area contributed by atoms with Gasteiger partial charge in [0.2, 0.25) is 0 Å². The fourth-order valence-electron chi connectivity index (χ4n) is 2.21. The van der Waals surface area contributed by atoms with Gasteiger partial charge in [-0.3, -0.25) is 0 Å². The van der Waals surface area contributed by atoms with Gasteiger partial charge in [0.15, 0.2) is 0 Å². The molecular weight excluding hydrogens is 289 g/mol. The van der Waals surface area contributed by atoms with Gasteiger partial charge in [-0.25, -0.2) is 0 Å². The van der Waals surface area contributed by atoms with Crippen LogP contribution in [-0.4, -0.2) is 19.3 Å². The highest BCUT2D eigenvalue weighted by molar-refractivity contribution is 6.33. The first-order valence-corrected chi connectivity index (χ1v) is 6.73. The second kappa shape index (κ2) is 5.66. The van der Waals surface area contributed by atoms with Gasteiger partial charge in [-0.2, -0.15) is 13.2 Å². The van der Waals surface area contributed by atoms with Crippen LogP contribution in [0.25, 0.3) is 0 Å². The summed E-state index contributed by atoms with van der Waals surface area (Å²) >= 11 is 6.19. The molecule has 1 aliphatic rings. The molecule has 0 spiro atoms. The van der Waals surface area contributed by atoms with E-state index in [0.717, 1.165) is 11.3 Å². The molecule has 0 bridgehead atoms. The van der Waals surface area contributed by atoms with E-state index in [2.05, 4.69) is 0 Å². The highest BCUT2D eigenvalue weighted by atomic mass is 35.5. The summed E-state index contributed by atoms with van der Waals surface area (Å²) in [7, 11) is 0. The van der Waals surface area contributed by atoms with Crippen molar-refractivity contribution in [2.75, 3.05) is 18.0 Å².